The SMILES string of the molecule is Cc1cc(CNCC(F)(F)C(F)F)ccc1Br. The third kappa shape index (κ3) is 4.27. The van der Waals surface area contributed by atoms with E-state index < -0.39 is 18.9 Å². The third-order valence-electron chi connectivity index (χ3n) is 2.23. The van der Waals surface area contributed by atoms with Crippen LogP contribution in [0.3, 0.4) is 0 Å². The fourth-order valence-electron chi connectivity index (χ4n) is 1.27. The number of benzene rings is 1. The van der Waals surface area contributed by atoms with Crippen LogP contribution in [-0.4, -0.2) is 18.9 Å². The van der Waals surface area contributed by atoms with Crippen LogP contribution < -0.4 is 5.32 Å². The molecule has 0 aliphatic heterocycles. The van der Waals surface area contributed by atoms with Crippen molar-refractivity contribution in [3.63, 3.8) is 0 Å². The summed E-state index contributed by atoms with van der Waals surface area (Å²) in [6.07, 6.45) is -3.64. The maximum atomic E-state index is 12.6. The van der Waals surface area contributed by atoms with Crippen molar-refractivity contribution in [2.75, 3.05) is 6.54 Å². The van der Waals surface area contributed by atoms with E-state index in [1.54, 1.807) is 18.2 Å². The molecule has 1 nitrogen and oxygen atoms in total. The molecule has 1 N–H and O–H groups in total. The lowest BCUT2D eigenvalue weighted by molar-refractivity contribution is -0.125. The minimum Gasteiger partial charge on any atom is -0.307 e. The van der Waals surface area contributed by atoms with Crippen molar-refractivity contribution in [2.45, 2.75) is 25.8 Å². The molecular formula is C11H12BrF4N. The molecule has 0 saturated heterocycles. The summed E-state index contributed by atoms with van der Waals surface area (Å²) in [7, 11) is 0. The van der Waals surface area contributed by atoms with E-state index in [0.29, 0.717) is 0 Å². The summed E-state index contributed by atoms with van der Waals surface area (Å²) < 4.78 is 49.8. The Morgan fingerprint density at radius 1 is 1.35 bits per heavy atom. The minimum atomic E-state index is -3.98. The van der Waals surface area contributed by atoms with Crippen LogP contribution in [0.15, 0.2) is 22.7 Å². The van der Waals surface area contributed by atoms with Gasteiger partial charge in [0.2, 0.25) is 0 Å². The van der Waals surface area contributed by atoms with Crippen LogP contribution in [0.5, 0.6) is 0 Å². The largest absolute Gasteiger partial charge is 0.319 e. The average Bonchev–Trinajstić information content (AvgIpc) is 2.23. The van der Waals surface area contributed by atoms with Crippen LogP contribution in [-0.2, 0) is 6.54 Å². The third-order valence-corrected chi connectivity index (χ3v) is 3.12. The molecule has 1 aromatic carbocycles. The van der Waals surface area contributed by atoms with Gasteiger partial charge in [0.15, 0.2) is 0 Å². The summed E-state index contributed by atoms with van der Waals surface area (Å²) in [4.78, 5) is 0. The highest BCUT2D eigenvalue weighted by Crippen LogP contribution is 2.22. The van der Waals surface area contributed by atoms with E-state index in [1.165, 1.54) is 0 Å². The van der Waals surface area contributed by atoms with E-state index in [9.17, 15) is 17.6 Å². The van der Waals surface area contributed by atoms with Gasteiger partial charge >= 0.3 is 12.3 Å². The Bertz CT molecular complexity index is 382. The van der Waals surface area contributed by atoms with Crippen molar-refractivity contribution in [1.29, 1.82) is 0 Å². The molecule has 96 valence electrons. The predicted molar refractivity (Wildman–Crippen MR) is 61.5 cm³/mol. The molecule has 0 heterocycles. The highest BCUT2D eigenvalue weighted by Gasteiger charge is 2.39. The zero-order valence-electron chi connectivity index (χ0n) is 9.11. The topological polar surface area (TPSA) is 12.0 Å². The lowest BCUT2D eigenvalue weighted by Gasteiger charge is -2.15. The van der Waals surface area contributed by atoms with Crippen LogP contribution in [0.2, 0.25) is 0 Å². The molecule has 0 saturated carbocycles. The molecule has 0 aliphatic rings. The van der Waals surface area contributed by atoms with Crippen LogP contribution in [0.4, 0.5) is 17.6 Å². The maximum Gasteiger partial charge on any atom is 0.319 e. The highest BCUT2D eigenvalue weighted by atomic mass is 79.9. The molecule has 1 aromatic rings. The van der Waals surface area contributed by atoms with Crippen molar-refractivity contribution < 1.29 is 17.6 Å². The van der Waals surface area contributed by atoms with Gasteiger partial charge in [0, 0.05) is 11.0 Å². The number of aryl methyl sites for hydroxylation is 1. The van der Waals surface area contributed by atoms with Crippen LogP contribution in [0, 0.1) is 6.92 Å². The standard InChI is InChI=1S/C11H12BrF4N/c1-7-4-8(2-3-9(7)12)5-17-6-11(15,16)10(13)14/h2-4,10,17H,5-6H2,1H3. The van der Waals surface area contributed by atoms with E-state index in [0.717, 1.165) is 15.6 Å². The molecule has 17 heavy (non-hydrogen) atoms. The smallest absolute Gasteiger partial charge is 0.307 e. The summed E-state index contributed by atoms with van der Waals surface area (Å²) in [6, 6.07) is 5.33. The molecule has 0 radical (unpaired) electrons. The lowest BCUT2D eigenvalue weighted by Crippen LogP contribution is -2.38. The first kappa shape index (κ1) is 14.4. The summed E-state index contributed by atoms with van der Waals surface area (Å²) >= 11 is 3.31. The van der Waals surface area contributed by atoms with Gasteiger partial charge in [-0.05, 0) is 24.1 Å². The zero-order valence-corrected chi connectivity index (χ0v) is 10.7. The zero-order chi connectivity index (χ0) is 13.1. The number of halogens is 5. The molecule has 0 aliphatic carbocycles. The van der Waals surface area contributed by atoms with Crippen molar-refractivity contribution in [2.24, 2.45) is 0 Å². The Kier molecular flexibility index (Phi) is 4.94. The first-order chi connectivity index (χ1) is 7.83. The summed E-state index contributed by atoms with van der Waals surface area (Å²) in [6.45, 7) is 0.970. The molecule has 0 spiro atoms. The van der Waals surface area contributed by atoms with Crippen LogP contribution in [0.1, 0.15) is 11.1 Å². The van der Waals surface area contributed by atoms with Gasteiger partial charge in [0.05, 0.1) is 6.54 Å². The van der Waals surface area contributed by atoms with E-state index >= 15 is 0 Å². The second-order valence-electron chi connectivity index (χ2n) is 3.75. The second kappa shape index (κ2) is 5.82. The van der Waals surface area contributed by atoms with E-state index in [4.69, 9.17) is 0 Å². The number of hydrogen-bond donors (Lipinski definition) is 1. The lowest BCUT2D eigenvalue weighted by atomic mass is 10.1. The van der Waals surface area contributed by atoms with Gasteiger partial charge in [-0.15, -0.1) is 0 Å². The van der Waals surface area contributed by atoms with Gasteiger partial charge in [-0.2, -0.15) is 8.78 Å². The van der Waals surface area contributed by atoms with Crippen molar-refractivity contribution >= 4 is 15.9 Å². The number of nitrogens with one attached hydrogen (secondary N) is 1. The first-order valence-electron chi connectivity index (χ1n) is 4.94. The molecule has 0 unspecified atom stereocenters. The summed E-state index contributed by atoms with van der Waals surface area (Å²) in [5.74, 6) is -3.98. The predicted octanol–water partition coefficient (Wildman–Crippen LogP) is 3.75. The van der Waals surface area contributed by atoms with E-state index in [2.05, 4.69) is 21.2 Å². The highest BCUT2D eigenvalue weighted by molar-refractivity contribution is 9.10. The maximum absolute atomic E-state index is 12.6. The number of hydrogen-bond acceptors (Lipinski definition) is 1. The van der Waals surface area contributed by atoms with Gasteiger partial charge in [-0.1, -0.05) is 28.1 Å². The first-order valence-corrected chi connectivity index (χ1v) is 5.74. The molecule has 0 fully saturated rings. The Hall–Kier alpha value is -0.620. The molecule has 6 heteroatoms. The van der Waals surface area contributed by atoms with Gasteiger partial charge in [0.25, 0.3) is 0 Å². The van der Waals surface area contributed by atoms with Crippen molar-refractivity contribution in [3.05, 3.63) is 33.8 Å². The fraction of sp³-hybridized carbons (Fsp3) is 0.455. The monoisotopic (exact) mass is 313 g/mol. The van der Waals surface area contributed by atoms with Crippen LogP contribution >= 0.6 is 15.9 Å². The van der Waals surface area contributed by atoms with E-state index in [1.807, 2.05) is 6.92 Å². The molecule has 0 amide bonds. The molecule has 1 rings (SSSR count). The quantitative estimate of drug-likeness (QED) is 0.816. The molecular weight excluding hydrogens is 302 g/mol. The number of alkyl halides is 4. The van der Waals surface area contributed by atoms with Gasteiger partial charge < -0.3 is 5.32 Å². The van der Waals surface area contributed by atoms with Crippen molar-refractivity contribution in [1.82, 2.24) is 5.32 Å². The fourth-order valence-corrected chi connectivity index (χ4v) is 1.51. The molecule has 0 aromatic heterocycles. The average molecular weight is 314 g/mol. The normalized spacial score (nSPS) is 12.2. The van der Waals surface area contributed by atoms with Crippen LogP contribution in [0.25, 0.3) is 0 Å². The Morgan fingerprint density at radius 3 is 2.53 bits per heavy atom. The molecule has 0 atom stereocenters. The van der Waals surface area contributed by atoms with Gasteiger partial charge in [0.1, 0.15) is 0 Å². The Balaban J connectivity index is 2.49. The Labute approximate surface area is 105 Å². The molecule has 0 bridgehead atoms. The van der Waals surface area contributed by atoms with Gasteiger partial charge in [-0.3, -0.25) is 0 Å². The Morgan fingerprint density at radius 2 is 2.00 bits per heavy atom. The minimum absolute atomic E-state index is 0.135. The van der Waals surface area contributed by atoms with Crippen molar-refractivity contribution in [3.8, 4) is 0 Å². The summed E-state index contributed by atoms with van der Waals surface area (Å²) in [5, 5.41) is 2.32. The van der Waals surface area contributed by atoms with E-state index in [-0.39, 0.29) is 6.54 Å². The van der Waals surface area contributed by atoms with Gasteiger partial charge in [-0.25, -0.2) is 8.78 Å². The summed E-state index contributed by atoms with van der Waals surface area (Å²) in [5.41, 5.74) is 1.74. The number of rotatable bonds is 5. The second-order valence-corrected chi connectivity index (χ2v) is 4.60.